The van der Waals surface area contributed by atoms with Crippen molar-refractivity contribution in [2.75, 3.05) is 5.73 Å². The van der Waals surface area contributed by atoms with E-state index < -0.39 is 49.3 Å². The van der Waals surface area contributed by atoms with Crippen molar-refractivity contribution in [3.8, 4) is 11.8 Å². The van der Waals surface area contributed by atoms with Crippen LogP contribution in [0.5, 0.6) is 5.75 Å². The van der Waals surface area contributed by atoms with Crippen molar-refractivity contribution in [3.63, 3.8) is 0 Å². The SMILES string of the molecule is C[C@H](NP(=O)(Oc1ccccc1)O[C@@H]1CC12O[C@@](C#N)(c1ccc3c(N)ncnn13)[C@H](O)[C@@H]2O)C(=O)OC1CCC1. The largest absolute Gasteiger partial charge is 0.461 e. The molecule has 3 aliphatic rings. The number of nitriles is 1. The van der Waals surface area contributed by atoms with Gasteiger partial charge in [-0.15, -0.1) is 0 Å². The smallest absolute Gasteiger partial charge is 0.459 e. The van der Waals surface area contributed by atoms with Crippen molar-refractivity contribution in [2.45, 2.75) is 74.3 Å². The lowest BCUT2D eigenvalue weighted by molar-refractivity contribution is -0.154. The number of carbonyl (C=O) groups is 1. The molecule has 1 aliphatic heterocycles. The summed E-state index contributed by atoms with van der Waals surface area (Å²) in [6.07, 6.45) is -0.922. The fourth-order valence-corrected chi connectivity index (χ4v) is 6.90. The van der Waals surface area contributed by atoms with Crippen LogP contribution in [0.3, 0.4) is 0 Å². The number of nitrogen functional groups attached to an aromatic ring is 1. The molecule has 216 valence electrons. The van der Waals surface area contributed by atoms with E-state index in [2.05, 4.69) is 15.2 Å². The van der Waals surface area contributed by atoms with Crippen LogP contribution in [0, 0.1) is 11.3 Å². The Hall–Kier alpha value is -3.57. The lowest BCUT2D eigenvalue weighted by Gasteiger charge is -2.28. The summed E-state index contributed by atoms with van der Waals surface area (Å²) >= 11 is 0. The molecule has 3 heterocycles. The van der Waals surface area contributed by atoms with E-state index in [1.165, 1.54) is 23.8 Å². The van der Waals surface area contributed by atoms with Crippen molar-refractivity contribution < 1.29 is 38.1 Å². The molecule has 0 amide bonds. The van der Waals surface area contributed by atoms with Crippen molar-refractivity contribution in [1.29, 1.82) is 5.26 Å². The Morgan fingerprint density at radius 1 is 1.27 bits per heavy atom. The van der Waals surface area contributed by atoms with Gasteiger partial charge in [0.05, 0.1) is 5.69 Å². The summed E-state index contributed by atoms with van der Waals surface area (Å²) < 4.78 is 38.5. The van der Waals surface area contributed by atoms with Gasteiger partial charge in [-0.2, -0.15) is 15.4 Å². The molecule has 2 aliphatic carbocycles. The van der Waals surface area contributed by atoms with E-state index in [1.807, 2.05) is 6.07 Å². The number of nitrogens with two attached hydrogens (primary N) is 1. The van der Waals surface area contributed by atoms with Crippen LogP contribution in [-0.4, -0.2) is 66.8 Å². The topological polar surface area (TPSA) is 204 Å². The zero-order valence-corrected chi connectivity index (χ0v) is 22.9. The Balaban J connectivity index is 1.26. The van der Waals surface area contributed by atoms with Gasteiger partial charge in [-0.1, -0.05) is 18.2 Å². The normalized spacial score (nSPS) is 31.2. The predicted octanol–water partition coefficient (Wildman–Crippen LogP) is 1.57. The maximum atomic E-state index is 14.1. The summed E-state index contributed by atoms with van der Waals surface area (Å²) in [5, 5.41) is 39.3. The molecule has 2 saturated carbocycles. The number of hydrogen-bond donors (Lipinski definition) is 4. The second-order valence-corrected chi connectivity index (χ2v) is 12.1. The summed E-state index contributed by atoms with van der Waals surface area (Å²) in [7, 11) is -4.31. The van der Waals surface area contributed by atoms with E-state index in [4.69, 9.17) is 24.3 Å². The number of anilines is 1. The number of aliphatic hydroxyl groups is 2. The highest BCUT2D eigenvalue weighted by atomic mass is 31.2. The third-order valence-electron chi connectivity index (χ3n) is 7.76. The highest BCUT2D eigenvalue weighted by Gasteiger charge is 2.76. The van der Waals surface area contributed by atoms with Gasteiger partial charge in [-0.05, 0) is 50.5 Å². The maximum Gasteiger partial charge on any atom is 0.459 e. The van der Waals surface area contributed by atoms with E-state index >= 15 is 0 Å². The third-order valence-corrected chi connectivity index (χ3v) is 9.45. The molecule has 2 unspecified atom stereocenters. The predicted molar refractivity (Wildman–Crippen MR) is 141 cm³/mol. The summed E-state index contributed by atoms with van der Waals surface area (Å²) in [4.78, 5) is 16.6. The monoisotopic (exact) mass is 584 g/mol. The first-order valence-corrected chi connectivity index (χ1v) is 14.7. The van der Waals surface area contributed by atoms with Crippen LogP contribution < -0.4 is 15.3 Å². The second kappa shape index (κ2) is 10.1. The van der Waals surface area contributed by atoms with E-state index in [-0.39, 0.29) is 29.8 Å². The first-order chi connectivity index (χ1) is 19.6. The summed E-state index contributed by atoms with van der Waals surface area (Å²) in [6, 6.07) is 12.2. The Labute approximate surface area is 234 Å². The fourth-order valence-electron chi connectivity index (χ4n) is 5.18. The Morgan fingerprint density at radius 3 is 2.71 bits per heavy atom. The molecule has 14 nitrogen and oxygen atoms in total. The quantitative estimate of drug-likeness (QED) is 0.209. The number of fused-ring (bicyclic) bond motifs is 1. The van der Waals surface area contributed by atoms with E-state index in [0.717, 1.165) is 19.3 Å². The molecule has 3 fully saturated rings. The van der Waals surface area contributed by atoms with Gasteiger partial charge in [0.15, 0.2) is 5.82 Å². The summed E-state index contributed by atoms with van der Waals surface area (Å²) in [5.74, 6) is -0.267. The lowest BCUT2D eigenvalue weighted by Crippen LogP contribution is -2.41. The van der Waals surface area contributed by atoms with Crippen molar-refractivity contribution in [1.82, 2.24) is 19.7 Å². The van der Waals surface area contributed by atoms with E-state index in [0.29, 0.717) is 5.52 Å². The number of rotatable bonds is 9. The second-order valence-electron chi connectivity index (χ2n) is 10.5. The highest BCUT2D eigenvalue weighted by molar-refractivity contribution is 7.52. The molecule has 6 rings (SSSR count). The number of aromatic nitrogens is 3. The Bertz CT molecular complexity index is 1560. The van der Waals surface area contributed by atoms with Crippen molar-refractivity contribution in [3.05, 3.63) is 54.5 Å². The van der Waals surface area contributed by atoms with Gasteiger partial charge in [0, 0.05) is 6.42 Å². The van der Waals surface area contributed by atoms with Gasteiger partial charge in [0.1, 0.15) is 59.7 Å². The third kappa shape index (κ3) is 4.64. The molecule has 41 heavy (non-hydrogen) atoms. The van der Waals surface area contributed by atoms with Crippen LogP contribution in [0.25, 0.3) is 5.52 Å². The minimum atomic E-state index is -4.31. The molecule has 2 aromatic heterocycles. The number of para-hydroxylation sites is 1. The minimum absolute atomic E-state index is 0.0280. The van der Waals surface area contributed by atoms with Gasteiger partial charge in [-0.25, -0.2) is 14.1 Å². The first kappa shape index (κ1) is 27.6. The van der Waals surface area contributed by atoms with E-state index in [1.54, 1.807) is 36.4 Å². The average molecular weight is 585 g/mol. The van der Waals surface area contributed by atoms with Gasteiger partial charge in [-0.3, -0.25) is 9.32 Å². The standard InChI is InChI=1S/C26H29N6O8P/c1-15(24(35)37-16-8-5-9-16)31-41(36,38-17-6-3-2-4-7-17)39-20-12-25(20)21(33)22(34)26(13-27,40-25)19-11-10-18-23(28)29-14-30-32(18)19/h2-4,6-7,10-11,14-16,20-22,33-34H,5,8-9,12H2,1H3,(H,31,36)(H2,28,29,30)/t15-,20+,21-,22+,25?,26-,41?/m0/s1. The molecular formula is C26H29N6O8P. The summed E-state index contributed by atoms with van der Waals surface area (Å²) in [5.41, 5.74) is 2.74. The zero-order valence-electron chi connectivity index (χ0n) is 22.0. The number of benzene rings is 1. The molecule has 0 radical (unpaired) electrons. The van der Waals surface area contributed by atoms with Crippen LogP contribution in [0.1, 0.15) is 38.3 Å². The first-order valence-electron chi connectivity index (χ1n) is 13.2. The number of carbonyl (C=O) groups excluding carboxylic acids is 1. The molecule has 5 N–H and O–H groups in total. The molecule has 1 spiro atoms. The van der Waals surface area contributed by atoms with Gasteiger partial charge in [0.25, 0.3) is 0 Å². The van der Waals surface area contributed by atoms with Gasteiger partial charge >= 0.3 is 13.7 Å². The molecular weight excluding hydrogens is 555 g/mol. The fraction of sp³-hybridized carbons (Fsp3) is 0.462. The minimum Gasteiger partial charge on any atom is -0.461 e. The number of esters is 1. The molecule has 0 bridgehead atoms. The van der Waals surface area contributed by atoms with Crippen molar-refractivity contribution >= 4 is 25.1 Å². The molecule has 3 aromatic rings. The number of nitrogens with one attached hydrogen (secondary N) is 1. The van der Waals surface area contributed by atoms with Crippen LogP contribution in [0.15, 0.2) is 48.8 Å². The van der Waals surface area contributed by atoms with Crippen molar-refractivity contribution in [2.24, 2.45) is 0 Å². The molecule has 1 saturated heterocycles. The lowest BCUT2D eigenvalue weighted by atomic mass is 9.92. The zero-order chi connectivity index (χ0) is 29.0. The summed E-state index contributed by atoms with van der Waals surface area (Å²) in [6.45, 7) is 1.48. The molecule has 1 aromatic carbocycles. The molecule has 15 heteroatoms. The van der Waals surface area contributed by atoms with Crippen LogP contribution in [-0.2, 0) is 29.0 Å². The average Bonchev–Trinajstić information content (AvgIpc) is 3.30. The Kier molecular flexibility index (Phi) is 6.77. The number of nitrogens with zero attached hydrogens (tertiary/aromatic N) is 4. The van der Waals surface area contributed by atoms with Gasteiger partial charge in [0.2, 0.25) is 5.60 Å². The van der Waals surface area contributed by atoms with E-state index in [9.17, 15) is 24.8 Å². The Morgan fingerprint density at radius 2 is 2.02 bits per heavy atom. The highest BCUT2D eigenvalue weighted by Crippen LogP contribution is 2.62. The van der Waals surface area contributed by atoms with Gasteiger partial charge < -0.3 is 29.9 Å². The molecule has 7 atom stereocenters. The number of aliphatic hydroxyl groups excluding tert-OH is 2. The van der Waals surface area contributed by atoms with Crippen LogP contribution in [0.2, 0.25) is 0 Å². The number of ether oxygens (including phenoxy) is 2. The maximum absolute atomic E-state index is 14.1. The number of hydrogen-bond acceptors (Lipinski definition) is 12. The van der Waals surface area contributed by atoms with Crippen LogP contribution in [0.4, 0.5) is 5.82 Å². The van der Waals surface area contributed by atoms with Crippen LogP contribution >= 0.6 is 7.75 Å².